The van der Waals surface area contributed by atoms with Crippen LogP contribution in [0.2, 0.25) is 10.0 Å². The molecule has 11 heteroatoms. The number of ether oxygens (including phenoxy) is 1. The summed E-state index contributed by atoms with van der Waals surface area (Å²) in [7, 11) is 1.53. The Hall–Kier alpha value is -3.01. The number of aromatic nitrogens is 3. The van der Waals surface area contributed by atoms with Gasteiger partial charge < -0.3 is 19.9 Å². The zero-order chi connectivity index (χ0) is 23.8. The van der Waals surface area contributed by atoms with Crippen molar-refractivity contribution >= 4 is 58.2 Å². The van der Waals surface area contributed by atoms with E-state index in [-0.39, 0.29) is 24.0 Å². The highest BCUT2D eigenvalue weighted by Gasteiger charge is 2.17. The van der Waals surface area contributed by atoms with Gasteiger partial charge in [0.1, 0.15) is 11.6 Å². The van der Waals surface area contributed by atoms with Gasteiger partial charge in [-0.15, -0.1) is 16.8 Å². The summed E-state index contributed by atoms with van der Waals surface area (Å²) in [5.41, 5.74) is 1.03. The van der Waals surface area contributed by atoms with E-state index in [2.05, 4.69) is 27.4 Å². The number of benzene rings is 2. The van der Waals surface area contributed by atoms with Crippen LogP contribution in [0.4, 0.5) is 11.4 Å². The Bertz CT molecular complexity index is 1170. The quantitative estimate of drug-likeness (QED) is 0.306. The molecule has 2 N–H and O–H groups in total. The second kappa shape index (κ2) is 11.7. The maximum Gasteiger partial charge on any atom is 0.234 e. The summed E-state index contributed by atoms with van der Waals surface area (Å²) in [5.74, 6) is 0.533. The fraction of sp³-hybridized carbons (Fsp3) is 0.182. The largest absolute Gasteiger partial charge is 0.495 e. The first kappa shape index (κ1) is 24.6. The number of carbonyl (C=O) groups excluding carboxylic acids is 2. The van der Waals surface area contributed by atoms with Crippen LogP contribution in [0, 0.1) is 0 Å². The molecule has 33 heavy (non-hydrogen) atoms. The van der Waals surface area contributed by atoms with Crippen molar-refractivity contribution in [2.75, 3.05) is 23.5 Å². The number of thioether (sulfide) groups is 1. The van der Waals surface area contributed by atoms with E-state index in [0.29, 0.717) is 44.7 Å². The number of carbonyl (C=O) groups is 2. The molecule has 0 fully saturated rings. The van der Waals surface area contributed by atoms with Gasteiger partial charge in [-0.25, -0.2) is 0 Å². The second-order valence-electron chi connectivity index (χ2n) is 6.68. The van der Waals surface area contributed by atoms with Crippen molar-refractivity contribution in [1.29, 1.82) is 0 Å². The molecule has 0 spiro atoms. The lowest BCUT2D eigenvalue weighted by molar-refractivity contribution is -0.116. The minimum absolute atomic E-state index is 0.00791. The Morgan fingerprint density at radius 2 is 1.88 bits per heavy atom. The third kappa shape index (κ3) is 6.74. The molecule has 3 rings (SSSR count). The minimum Gasteiger partial charge on any atom is -0.495 e. The Labute approximate surface area is 205 Å². The van der Waals surface area contributed by atoms with E-state index in [1.54, 1.807) is 47.0 Å². The Morgan fingerprint density at radius 1 is 1.12 bits per heavy atom. The summed E-state index contributed by atoms with van der Waals surface area (Å²) in [5, 5.41) is 15.1. The molecular weight excluding hydrogens is 485 g/mol. The van der Waals surface area contributed by atoms with Crippen molar-refractivity contribution in [2.24, 2.45) is 0 Å². The second-order valence-corrected chi connectivity index (χ2v) is 8.47. The molecule has 8 nitrogen and oxygen atoms in total. The van der Waals surface area contributed by atoms with Crippen LogP contribution in [0.25, 0.3) is 0 Å². The average Bonchev–Trinajstić information content (AvgIpc) is 3.16. The molecule has 172 valence electrons. The highest BCUT2D eigenvalue weighted by Crippen LogP contribution is 2.26. The summed E-state index contributed by atoms with van der Waals surface area (Å²) in [4.78, 5) is 24.9. The molecule has 0 saturated heterocycles. The number of halogens is 2. The van der Waals surface area contributed by atoms with Gasteiger partial charge in [-0.1, -0.05) is 53.2 Å². The number of hydrogen-bond acceptors (Lipinski definition) is 6. The molecule has 0 aliphatic heterocycles. The minimum atomic E-state index is -0.274. The van der Waals surface area contributed by atoms with Gasteiger partial charge in [-0.05, 0) is 30.3 Å². The summed E-state index contributed by atoms with van der Waals surface area (Å²) >= 11 is 13.2. The fourth-order valence-electron chi connectivity index (χ4n) is 2.86. The number of allylic oxidation sites excluding steroid dienone is 1. The van der Waals surface area contributed by atoms with Crippen molar-refractivity contribution in [3.05, 3.63) is 71.0 Å². The van der Waals surface area contributed by atoms with Crippen LogP contribution in [0.1, 0.15) is 5.82 Å². The van der Waals surface area contributed by atoms with Gasteiger partial charge in [0.05, 0.1) is 35.7 Å². The number of nitrogens with zero attached hydrogens (tertiary/aromatic N) is 3. The Balaban J connectivity index is 1.64. The lowest BCUT2D eigenvalue weighted by Gasteiger charge is -2.11. The summed E-state index contributed by atoms with van der Waals surface area (Å²) < 4.78 is 6.99. The molecule has 0 atom stereocenters. The van der Waals surface area contributed by atoms with Crippen LogP contribution >= 0.6 is 35.0 Å². The number of nitrogens with one attached hydrogen (secondary N) is 2. The molecule has 0 bridgehead atoms. The molecule has 2 amide bonds. The van der Waals surface area contributed by atoms with Crippen molar-refractivity contribution in [3.8, 4) is 5.75 Å². The molecule has 2 aromatic carbocycles. The van der Waals surface area contributed by atoms with E-state index in [1.807, 2.05) is 6.07 Å². The maximum atomic E-state index is 12.6. The third-order valence-corrected chi connectivity index (χ3v) is 5.86. The molecule has 1 aromatic heterocycles. The normalized spacial score (nSPS) is 10.5. The standard InChI is InChI=1S/C22H21Cl2N5O3S/c1-3-10-29-19(12-20(30)26-17-6-4-5-7-18(17)32-2)27-28-22(29)33-13-21(31)25-16-9-8-14(23)11-15(16)24/h3-9,11H,1,10,12-13H2,2H3,(H,25,31)(H,26,30). The summed E-state index contributed by atoms with van der Waals surface area (Å²) in [6.07, 6.45) is 1.66. The lowest BCUT2D eigenvalue weighted by atomic mass is 10.2. The van der Waals surface area contributed by atoms with Gasteiger partial charge in [0, 0.05) is 11.6 Å². The van der Waals surface area contributed by atoms with Gasteiger partial charge in [-0.2, -0.15) is 0 Å². The highest BCUT2D eigenvalue weighted by molar-refractivity contribution is 7.99. The van der Waals surface area contributed by atoms with E-state index in [0.717, 1.165) is 0 Å². The van der Waals surface area contributed by atoms with Crippen molar-refractivity contribution in [1.82, 2.24) is 14.8 Å². The number of para-hydroxylation sites is 2. The highest BCUT2D eigenvalue weighted by atomic mass is 35.5. The van der Waals surface area contributed by atoms with E-state index in [1.165, 1.54) is 18.9 Å². The van der Waals surface area contributed by atoms with Crippen molar-refractivity contribution < 1.29 is 14.3 Å². The monoisotopic (exact) mass is 505 g/mol. The predicted molar refractivity (Wildman–Crippen MR) is 131 cm³/mol. The molecule has 1 heterocycles. The van der Waals surface area contributed by atoms with Crippen LogP contribution in [0.3, 0.4) is 0 Å². The third-order valence-electron chi connectivity index (χ3n) is 4.34. The first-order valence-corrected chi connectivity index (χ1v) is 11.5. The van der Waals surface area contributed by atoms with E-state index < -0.39 is 0 Å². The zero-order valence-electron chi connectivity index (χ0n) is 17.7. The predicted octanol–water partition coefficient (Wildman–Crippen LogP) is 4.69. The molecule has 0 radical (unpaired) electrons. The number of methoxy groups -OCH3 is 1. The van der Waals surface area contributed by atoms with Crippen LogP contribution < -0.4 is 15.4 Å². The summed E-state index contributed by atoms with van der Waals surface area (Å²) in [6.45, 7) is 4.13. The molecule has 3 aromatic rings. The van der Waals surface area contributed by atoms with Gasteiger partial charge in [0.2, 0.25) is 11.8 Å². The van der Waals surface area contributed by atoms with Gasteiger partial charge in [0.25, 0.3) is 0 Å². The van der Waals surface area contributed by atoms with Crippen LogP contribution in [-0.2, 0) is 22.6 Å². The fourth-order valence-corrected chi connectivity index (χ4v) is 4.08. The number of rotatable bonds is 10. The van der Waals surface area contributed by atoms with E-state index in [9.17, 15) is 9.59 Å². The van der Waals surface area contributed by atoms with Gasteiger partial charge in [-0.3, -0.25) is 9.59 Å². The van der Waals surface area contributed by atoms with Crippen LogP contribution in [0.15, 0.2) is 60.3 Å². The SMILES string of the molecule is C=CCn1c(CC(=O)Nc2ccccc2OC)nnc1SCC(=O)Nc1ccc(Cl)cc1Cl. The van der Waals surface area contributed by atoms with Crippen molar-refractivity contribution in [2.45, 2.75) is 18.1 Å². The molecule has 0 saturated carbocycles. The van der Waals surface area contributed by atoms with Crippen LogP contribution in [-0.4, -0.2) is 39.4 Å². The number of amides is 2. The van der Waals surface area contributed by atoms with E-state index >= 15 is 0 Å². The van der Waals surface area contributed by atoms with Gasteiger partial charge >= 0.3 is 0 Å². The maximum absolute atomic E-state index is 12.6. The van der Waals surface area contributed by atoms with Gasteiger partial charge in [0.15, 0.2) is 5.16 Å². The average molecular weight is 506 g/mol. The molecule has 0 aliphatic rings. The molecule has 0 unspecified atom stereocenters. The van der Waals surface area contributed by atoms with E-state index in [4.69, 9.17) is 27.9 Å². The topological polar surface area (TPSA) is 98.1 Å². The Kier molecular flexibility index (Phi) is 8.76. The Morgan fingerprint density at radius 3 is 2.61 bits per heavy atom. The zero-order valence-corrected chi connectivity index (χ0v) is 20.0. The summed E-state index contributed by atoms with van der Waals surface area (Å²) in [6, 6.07) is 11.9. The number of hydrogen-bond donors (Lipinski definition) is 2. The first-order valence-electron chi connectivity index (χ1n) is 9.74. The smallest absolute Gasteiger partial charge is 0.234 e. The van der Waals surface area contributed by atoms with Crippen LogP contribution in [0.5, 0.6) is 5.75 Å². The molecule has 0 aliphatic carbocycles. The van der Waals surface area contributed by atoms with Crippen molar-refractivity contribution in [3.63, 3.8) is 0 Å². The number of anilines is 2. The first-order chi connectivity index (χ1) is 15.9. The lowest BCUT2D eigenvalue weighted by Crippen LogP contribution is -2.18. The molecular formula is C22H21Cl2N5O3S.